The molecule has 0 aliphatic carbocycles. The fraction of sp³-hybridized carbons (Fsp3) is 0.773. The van der Waals surface area contributed by atoms with Crippen molar-refractivity contribution in [3.8, 4) is 0 Å². The maximum atomic E-state index is 14.6. The number of aliphatic hydroxyl groups is 1. The Balaban J connectivity index is 3.42. The Morgan fingerprint density at radius 3 is 1.00 bits per heavy atom. The first kappa shape index (κ1) is 103. The van der Waals surface area contributed by atoms with Crippen LogP contribution in [0.1, 0.15) is 212 Å². The zero-order chi connectivity index (χ0) is 86.6. The van der Waals surface area contributed by atoms with Gasteiger partial charge in [-0.05, 0) is 178 Å². The van der Waals surface area contributed by atoms with E-state index < -0.39 is 218 Å². The summed E-state index contributed by atoms with van der Waals surface area (Å²) in [6, 6.07) is -18.7. The number of amides is 15. The fourth-order valence-corrected chi connectivity index (χ4v) is 12.3. The van der Waals surface area contributed by atoms with Crippen molar-refractivity contribution in [3.63, 3.8) is 0 Å². The fourth-order valence-electron chi connectivity index (χ4n) is 12.3. The van der Waals surface area contributed by atoms with Gasteiger partial charge in [0.05, 0.1) is 25.6 Å². The molecular weight excluding hydrogens is 1490 g/mol. The van der Waals surface area contributed by atoms with Gasteiger partial charge in [0.2, 0.25) is 88.6 Å². The van der Waals surface area contributed by atoms with Crippen molar-refractivity contribution < 1.29 is 96.8 Å². The van der Waals surface area contributed by atoms with E-state index in [-0.39, 0.29) is 113 Å². The summed E-state index contributed by atoms with van der Waals surface area (Å²) < 4.78 is 0. The summed E-state index contributed by atoms with van der Waals surface area (Å²) >= 11 is 0. The van der Waals surface area contributed by atoms with Crippen LogP contribution >= 0.6 is 0 Å². The minimum atomic E-state index is -1.88. The maximum Gasteiger partial charge on any atom is 0.326 e. The third-order valence-corrected chi connectivity index (χ3v) is 18.4. The van der Waals surface area contributed by atoms with E-state index in [0.717, 1.165) is 6.42 Å². The zero-order valence-electron chi connectivity index (χ0n) is 68.8. The molecule has 0 bridgehead atoms. The van der Waals surface area contributed by atoms with Crippen molar-refractivity contribution in [1.29, 1.82) is 0 Å². The van der Waals surface area contributed by atoms with E-state index in [0.29, 0.717) is 45.1 Å². The number of unbranched alkanes of at least 4 members (excludes halogenated alkanes) is 3. The largest absolute Gasteiger partial charge is 0.481 e. The molecule has 1 rings (SSSR count). The highest BCUT2D eigenvalue weighted by Gasteiger charge is 2.39. The Morgan fingerprint density at radius 2 is 0.693 bits per heavy atom. The second kappa shape index (κ2) is 54.5. The average Bonchev–Trinajstić information content (AvgIpc) is 0.968. The normalized spacial score (nSPS) is 16.1. The minimum Gasteiger partial charge on any atom is -0.481 e. The zero-order valence-corrected chi connectivity index (χ0v) is 68.8. The lowest BCUT2D eigenvalue weighted by atomic mass is 9.98. The number of hydrogen-bond donors (Lipinski definition) is 22. The molecule has 0 aromatic heterocycles. The molecule has 0 saturated carbocycles. The highest BCUT2D eigenvalue weighted by Crippen LogP contribution is 2.17. The van der Waals surface area contributed by atoms with Gasteiger partial charge in [0.15, 0.2) is 0 Å². The highest BCUT2D eigenvalue weighted by atomic mass is 16.4. The molecule has 0 spiro atoms. The van der Waals surface area contributed by atoms with Crippen LogP contribution in [0.4, 0.5) is 0 Å². The molecule has 0 aromatic carbocycles. The number of aliphatic carboxylic acids is 2. The Bertz CT molecular complexity index is 3150. The molecule has 0 unspecified atom stereocenters. The number of nitrogens with two attached hydrogens (primary N) is 4. The van der Waals surface area contributed by atoms with Crippen LogP contribution in [0.25, 0.3) is 0 Å². The summed E-state index contributed by atoms with van der Waals surface area (Å²) in [7, 11) is 0. The highest BCUT2D eigenvalue weighted by molar-refractivity contribution is 6.00. The Labute approximate surface area is 668 Å². The predicted octanol–water partition coefficient (Wildman–Crippen LogP) is -3.73. The van der Waals surface area contributed by atoms with Gasteiger partial charge in [-0.25, -0.2) is 4.79 Å². The van der Waals surface area contributed by atoms with Gasteiger partial charge in [-0.2, -0.15) is 0 Å². The Morgan fingerprint density at radius 1 is 0.377 bits per heavy atom. The summed E-state index contributed by atoms with van der Waals surface area (Å²) in [5, 5.41) is 68.2. The third kappa shape index (κ3) is 41.2. The van der Waals surface area contributed by atoms with Crippen LogP contribution in [0.5, 0.6) is 0 Å². The van der Waals surface area contributed by atoms with Crippen molar-refractivity contribution in [2.24, 2.45) is 58.4 Å². The van der Waals surface area contributed by atoms with E-state index in [2.05, 4.69) is 79.8 Å². The van der Waals surface area contributed by atoms with Crippen LogP contribution in [0, 0.1) is 35.5 Å². The lowest BCUT2D eigenvalue weighted by Gasteiger charge is -2.29. The maximum absolute atomic E-state index is 14.6. The molecule has 1 aliphatic heterocycles. The van der Waals surface area contributed by atoms with Gasteiger partial charge in [-0.15, -0.1) is 0 Å². The molecule has 1 aliphatic rings. The summed E-state index contributed by atoms with van der Waals surface area (Å²) in [4.78, 5) is 230. The van der Waals surface area contributed by atoms with E-state index >= 15 is 0 Å². The van der Waals surface area contributed by atoms with Gasteiger partial charge < -0.3 is 118 Å². The standard InChI is InChI=1S/C75H135N19O20/c1-39(2)31-51(90-72(110)55(35-43(9)10)91-70(108)53(33-41(5)6)87-63(101)46-24-20-30-80-46)68(106)85-47(21-14-17-27-76)64(102)88-54(34-42(7)8)71(109)89-52(32-40(3)4)69(107)86-49(23-16-19-29-78)66(104)93-57(38-95)73(111)94-61(44(11)12)74(112)81-37-59(97)82-45(13)62(100)83-50(25-26-58(79)96)67(105)84-48(22-15-18-28-77)65(103)92-56(75(113)114)36-60(98)99/h39-57,61,80,95H,14-38,76-78H2,1-13H3,(H2,79,96)(H,81,112)(H,82,97)(H,83,100)(H,84,105)(H,85,106)(H,86,107)(H,87,101)(H,88,102)(H,89,109)(H,90,110)(H,91,108)(H,92,103)(H,93,104)(H,94,111)(H,98,99)(H,113,114)/t45-,46-,47-,48-,49-,50-,51-,52-,53-,54-,55-,56-,57-,61-/m0/s1. The van der Waals surface area contributed by atoms with Gasteiger partial charge in [0.1, 0.15) is 78.5 Å². The molecule has 1 saturated heterocycles. The van der Waals surface area contributed by atoms with Crippen LogP contribution in [-0.2, 0) is 81.5 Å². The topological polar surface area (TPSA) is 635 Å². The van der Waals surface area contributed by atoms with Crippen LogP contribution in [0.3, 0.4) is 0 Å². The van der Waals surface area contributed by atoms with Gasteiger partial charge in [0, 0.05) is 6.42 Å². The molecule has 39 heteroatoms. The number of carboxylic acids is 2. The molecule has 1 fully saturated rings. The monoisotopic (exact) mass is 1620 g/mol. The Hall–Kier alpha value is -9.21. The van der Waals surface area contributed by atoms with Gasteiger partial charge >= 0.3 is 11.9 Å². The van der Waals surface area contributed by atoms with Gasteiger partial charge in [0.25, 0.3) is 0 Å². The van der Waals surface area contributed by atoms with E-state index in [4.69, 9.17) is 28.0 Å². The summed E-state index contributed by atoms with van der Waals surface area (Å²) in [5.41, 5.74) is 22.6. The third-order valence-electron chi connectivity index (χ3n) is 18.4. The van der Waals surface area contributed by atoms with Gasteiger partial charge in [-0.3, -0.25) is 76.7 Å². The molecule has 650 valence electrons. The molecule has 26 N–H and O–H groups in total. The van der Waals surface area contributed by atoms with E-state index in [1.165, 1.54) is 20.8 Å². The molecule has 15 amide bonds. The average molecular weight is 1620 g/mol. The van der Waals surface area contributed by atoms with E-state index in [9.17, 15) is 91.7 Å². The van der Waals surface area contributed by atoms with E-state index in [1.807, 2.05) is 41.5 Å². The summed E-state index contributed by atoms with van der Waals surface area (Å²) in [6.45, 7) is 22.1. The minimum absolute atomic E-state index is 0.00450. The molecule has 1 heterocycles. The smallest absolute Gasteiger partial charge is 0.326 e. The van der Waals surface area contributed by atoms with Crippen molar-refractivity contribution in [1.82, 2.24) is 79.8 Å². The SMILES string of the molecule is CC(C)C[C@H](NC(=O)[C@@H]1CCCN1)C(=O)N[C@@H](CC(C)C)C(=O)N[C@@H](CC(C)C)C(=O)N[C@@H](CCCCN)C(=O)N[C@@H](CC(C)C)C(=O)N[C@@H](CC(C)C)C(=O)N[C@@H](CCCCN)C(=O)N[C@@H](CO)C(=O)N[C@H](C(=O)NCC(=O)N[C@@H](C)C(=O)N[C@@H](CCC(N)=O)C(=O)N[C@@H](CCCCN)C(=O)N[C@@H](CC(=O)O)C(=O)O)C(C)C. The predicted molar refractivity (Wildman–Crippen MR) is 421 cm³/mol. The first-order valence-corrected chi connectivity index (χ1v) is 39.9. The van der Waals surface area contributed by atoms with E-state index in [1.54, 1.807) is 27.7 Å². The van der Waals surface area contributed by atoms with Crippen molar-refractivity contribution in [2.75, 3.05) is 39.3 Å². The quantitative estimate of drug-likeness (QED) is 0.0260. The van der Waals surface area contributed by atoms with Crippen LogP contribution in [0.15, 0.2) is 0 Å². The molecule has 0 aromatic rings. The summed E-state index contributed by atoms with van der Waals surface area (Å²) in [6.07, 6.45) is 2.06. The van der Waals surface area contributed by atoms with Gasteiger partial charge in [-0.1, -0.05) is 83.1 Å². The van der Waals surface area contributed by atoms with Crippen molar-refractivity contribution in [2.45, 2.75) is 297 Å². The number of carboxylic acid groups (broad SMARTS) is 2. The first-order chi connectivity index (χ1) is 53.5. The molecule has 39 nitrogen and oxygen atoms in total. The van der Waals surface area contributed by atoms with Crippen molar-refractivity contribution in [3.05, 3.63) is 0 Å². The molecule has 0 radical (unpaired) electrons. The van der Waals surface area contributed by atoms with Crippen LogP contribution in [-0.4, -0.2) is 240 Å². The number of primary amides is 1. The Kier molecular flexibility index (Phi) is 49.2. The molecule has 14 atom stereocenters. The van der Waals surface area contributed by atoms with Crippen LogP contribution in [0.2, 0.25) is 0 Å². The number of carbonyl (C=O) groups excluding carboxylic acids is 15. The van der Waals surface area contributed by atoms with Crippen molar-refractivity contribution >= 4 is 101 Å². The number of hydrogen-bond acceptors (Lipinski definition) is 22. The second-order valence-electron chi connectivity index (χ2n) is 31.7. The van der Waals surface area contributed by atoms with Crippen LogP contribution < -0.4 is 103 Å². The number of carbonyl (C=O) groups is 17. The molecule has 114 heavy (non-hydrogen) atoms. The second-order valence-corrected chi connectivity index (χ2v) is 31.7. The molecular formula is C75H135N19O20. The first-order valence-electron chi connectivity index (χ1n) is 39.9. The number of rotatable bonds is 58. The lowest BCUT2D eigenvalue weighted by molar-refractivity contribution is -0.147. The number of nitrogens with one attached hydrogen (secondary N) is 15. The number of aliphatic hydroxyl groups excluding tert-OH is 1. The summed E-state index contributed by atoms with van der Waals surface area (Å²) in [5.74, 6) is -17.3. The lowest BCUT2D eigenvalue weighted by Crippen LogP contribution is -2.61.